The summed E-state index contributed by atoms with van der Waals surface area (Å²) in [5, 5.41) is 9.13. The average molecular weight is 218 g/mol. The van der Waals surface area contributed by atoms with Crippen molar-refractivity contribution in [3.8, 4) is 0 Å². The number of carbonyl (C=O) groups is 1. The first-order valence-electron chi connectivity index (χ1n) is 4.97. The van der Waals surface area contributed by atoms with Crippen LogP contribution < -0.4 is 5.90 Å². The van der Waals surface area contributed by atoms with E-state index in [9.17, 15) is 4.79 Å². The van der Waals surface area contributed by atoms with Crippen molar-refractivity contribution in [2.24, 2.45) is 11.3 Å². The van der Waals surface area contributed by atoms with Crippen LogP contribution in [-0.2, 0) is 4.84 Å². The highest BCUT2D eigenvalue weighted by Crippen LogP contribution is 2.34. The fraction of sp³-hybridized carbons (Fsp3) is 0.900. The Hall–Kier alpha value is -0.810. The molecule has 15 heavy (non-hydrogen) atoms. The van der Waals surface area contributed by atoms with Crippen LogP contribution in [0.5, 0.6) is 0 Å². The molecule has 0 atom stereocenters. The summed E-state index contributed by atoms with van der Waals surface area (Å²) in [7, 11) is 0. The highest BCUT2D eigenvalue weighted by Gasteiger charge is 2.40. The van der Waals surface area contributed by atoms with Crippen LogP contribution in [-0.4, -0.2) is 34.8 Å². The van der Waals surface area contributed by atoms with Gasteiger partial charge in [0, 0.05) is 12.1 Å². The summed E-state index contributed by atoms with van der Waals surface area (Å²) in [5.74, 6) is 4.91. The number of amides is 1. The molecule has 90 valence electrons. The minimum Gasteiger partial charge on any atom is -0.465 e. The Morgan fingerprint density at radius 3 is 2.07 bits per heavy atom. The van der Waals surface area contributed by atoms with Gasteiger partial charge >= 0.3 is 6.09 Å². The van der Waals surface area contributed by atoms with E-state index in [2.05, 4.69) is 4.84 Å². The number of nitrogens with zero attached hydrogens (tertiary/aromatic N) is 1. The summed E-state index contributed by atoms with van der Waals surface area (Å²) in [5.41, 5.74) is -0.628. The first-order chi connectivity index (χ1) is 6.64. The van der Waals surface area contributed by atoms with Gasteiger partial charge in [-0.15, -0.1) is 0 Å². The van der Waals surface area contributed by atoms with Crippen LogP contribution in [0.1, 0.15) is 34.6 Å². The monoisotopic (exact) mass is 218 g/mol. The minimum absolute atomic E-state index is 0.153. The zero-order chi connectivity index (χ0) is 12.3. The summed E-state index contributed by atoms with van der Waals surface area (Å²) >= 11 is 0. The number of nitrogens with two attached hydrogens (primary N) is 1. The van der Waals surface area contributed by atoms with Crippen molar-refractivity contribution in [1.82, 2.24) is 4.90 Å². The number of rotatable bonds is 4. The fourth-order valence-corrected chi connectivity index (χ4v) is 1.16. The number of hydrogen-bond acceptors (Lipinski definition) is 3. The lowest BCUT2D eigenvalue weighted by atomic mass is 9.75. The van der Waals surface area contributed by atoms with E-state index in [1.54, 1.807) is 0 Å². The molecule has 0 radical (unpaired) electrons. The zero-order valence-electron chi connectivity index (χ0n) is 10.2. The highest BCUT2D eigenvalue weighted by atomic mass is 16.6. The van der Waals surface area contributed by atoms with Crippen LogP contribution in [0, 0.1) is 5.41 Å². The van der Waals surface area contributed by atoms with Gasteiger partial charge in [0.05, 0.1) is 6.61 Å². The average Bonchev–Trinajstić information content (AvgIpc) is 2.01. The van der Waals surface area contributed by atoms with Crippen molar-refractivity contribution in [3.05, 3.63) is 0 Å². The Balaban J connectivity index is 4.82. The number of hydrogen-bond donors (Lipinski definition) is 2. The first-order valence-corrected chi connectivity index (χ1v) is 4.97. The van der Waals surface area contributed by atoms with E-state index in [-0.39, 0.29) is 18.6 Å². The Morgan fingerprint density at radius 1 is 1.33 bits per heavy atom. The van der Waals surface area contributed by atoms with Gasteiger partial charge in [-0.25, -0.2) is 10.7 Å². The highest BCUT2D eigenvalue weighted by molar-refractivity contribution is 5.66. The Morgan fingerprint density at radius 2 is 1.80 bits per heavy atom. The van der Waals surface area contributed by atoms with E-state index in [1.807, 2.05) is 34.6 Å². The molecule has 0 spiro atoms. The fourth-order valence-electron chi connectivity index (χ4n) is 1.16. The second-order valence-electron chi connectivity index (χ2n) is 5.11. The third kappa shape index (κ3) is 3.35. The maximum absolute atomic E-state index is 11.1. The van der Waals surface area contributed by atoms with Crippen molar-refractivity contribution in [2.75, 3.05) is 13.2 Å². The van der Waals surface area contributed by atoms with E-state index < -0.39 is 11.6 Å². The van der Waals surface area contributed by atoms with Crippen LogP contribution in [0.15, 0.2) is 0 Å². The van der Waals surface area contributed by atoms with E-state index >= 15 is 0 Å². The van der Waals surface area contributed by atoms with E-state index in [0.29, 0.717) is 0 Å². The molecule has 3 N–H and O–H groups in total. The normalized spacial score (nSPS) is 12.7. The van der Waals surface area contributed by atoms with E-state index in [0.717, 1.165) is 0 Å². The van der Waals surface area contributed by atoms with Gasteiger partial charge in [-0.05, 0) is 19.3 Å². The molecule has 0 aliphatic heterocycles. The zero-order valence-corrected chi connectivity index (χ0v) is 10.2. The first kappa shape index (κ1) is 14.2. The van der Waals surface area contributed by atoms with Crippen LogP contribution >= 0.6 is 0 Å². The Bertz CT molecular complexity index is 221. The van der Waals surface area contributed by atoms with Crippen LogP contribution in [0.3, 0.4) is 0 Å². The summed E-state index contributed by atoms with van der Waals surface area (Å²) in [6.07, 6.45) is -0.952. The lowest BCUT2D eigenvalue weighted by Crippen LogP contribution is -2.56. The third-order valence-corrected chi connectivity index (χ3v) is 3.17. The molecule has 0 aromatic heterocycles. The van der Waals surface area contributed by atoms with Gasteiger partial charge in [0.25, 0.3) is 0 Å². The molecular formula is C10H22N2O3. The largest absolute Gasteiger partial charge is 0.465 e. The van der Waals surface area contributed by atoms with Gasteiger partial charge < -0.3 is 14.8 Å². The lowest BCUT2D eigenvalue weighted by molar-refractivity contribution is 0.00697. The SMILES string of the molecule is CC(C)(C)C(C)(C)N(CCON)C(=O)O. The van der Waals surface area contributed by atoms with Gasteiger partial charge in [0.15, 0.2) is 0 Å². The quantitative estimate of drug-likeness (QED) is 0.704. The molecule has 0 aromatic carbocycles. The van der Waals surface area contributed by atoms with Crippen molar-refractivity contribution in [1.29, 1.82) is 0 Å². The lowest BCUT2D eigenvalue weighted by Gasteiger charge is -2.46. The summed E-state index contributed by atoms with van der Waals surface area (Å²) in [6.45, 7) is 10.3. The second-order valence-corrected chi connectivity index (χ2v) is 5.11. The summed E-state index contributed by atoms with van der Waals surface area (Å²) in [6, 6.07) is 0. The second kappa shape index (κ2) is 4.81. The molecule has 0 fully saturated rings. The molecule has 0 bridgehead atoms. The van der Waals surface area contributed by atoms with Gasteiger partial charge in [0.2, 0.25) is 0 Å². The molecule has 0 aliphatic carbocycles. The minimum atomic E-state index is -0.952. The maximum atomic E-state index is 11.1. The van der Waals surface area contributed by atoms with Crippen molar-refractivity contribution >= 4 is 6.09 Å². The summed E-state index contributed by atoms with van der Waals surface area (Å²) < 4.78 is 0. The predicted octanol–water partition coefficient (Wildman–Crippen LogP) is 1.68. The smallest absolute Gasteiger partial charge is 0.407 e. The molecule has 1 amide bonds. The Labute approximate surface area is 91.1 Å². The predicted molar refractivity (Wildman–Crippen MR) is 58.4 cm³/mol. The van der Waals surface area contributed by atoms with Gasteiger partial charge in [-0.3, -0.25) is 0 Å². The number of carboxylic acid groups (broad SMARTS) is 1. The standard InChI is InChI=1S/C10H22N2O3/c1-9(2,3)10(4,5)12(8(13)14)6-7-15-11/h6-7,11H2,1-5H3,(H,13,14). The molecule has 0 aromatic rings. The molecule has 0 aliphatic rings. The van der Waals surface area contributed by atoms with E-state index in [4.69, 9.17) is 11.0 Å². The van der Waals surface area contributed by atoms with Gasteiger partial charge in [-0.1, -0.05) is 20.8 Å². The molecule has 0 saturated heterocycles. The molecule has 5 heteroatoms. The topological polar surface area (TPSA) is 75.8 Å². The van der Waals surface area contributed by atoms with Crippen molar-refractivity contribution in [3.63, 3.8) is 0 Å². The Kier molecular flexibility index (Phi) is 4.55. The van der Waals surface area contributed by atoms with Gasteiger partial charge in [0.1, 0.15) is 0 Å². The molecular weight excluding hydrogens is 196 g/mol. The molecule has 0 heterocycles. The molecule has 0 saturated carbocycles. The summed E-state index contributed by atoms with van der Waals surface area (Å²) in [4.78, 5) is 16.9. The molecule has 0 unspecified atom stereocenters. The van der Waals surface area contributed by atoms with Crippen molar-refractivity contribution in [2.45, 2.75) is 40.2 Å². The maximum Gasteiger partial charge on any atom is 0.407 e. The van der Waals surface area contributed by atoms with Crippen molar-refractivity contribution < 1.29 is 14.7 Å². The van der Waals surface area contributed by atoms with Crippen LogP contribution in [0.25, 0.3) is 0 Å². The van der Waals surface area contributed by atoms with Crippen LogP contribution in [0.2, 0.25) is 0 Å². The van der Waals surface area contributed by atoms with Gasteiger partial charge in [-0.2, -0.15) is 0 Å². The molecule has 5 nitrogen and oxygen atoms in total. The van der Waals surface area contributed by atoms with E-state index in [1.165, 1.54) is 4.90 Å². The molecule has 0 rings (SSSR count). The van der Waals surface area contributed by atoms with Crippen LogP contribution in [0.4, 0.5) is 4.79 Å². The third-order valence-electron chi connectivity index (χ3n) is 3.17.